The summed E-state index contributed by atoms with van der Waals surface area (Å²) in [6.07, 6.45) is 2.49. The van der Waals surface area contributed by atoms with Gasteiger partial charge in [-0.3, -0.25) is 10.1 Å². The molecule has 1 fully saturated rings. The number of nitro benzene ring substituents is 1. The Kier molecular flexibility index (Phi) is 4.50. The van der Waals surface area contributed by atoms with Gasteiger partial charge in [0, 0.05) is 30.5 Å². The molecule has 5 heteroatoms. The van der Waals surface area contributed by atoms with Gasteiger partial charge in [0.2, 0.25) is 0 Å². The van der Waals surface area contributed by atoms with E-state index in [1.165, 1.54) is 30.8 Å². The topological polar surface area (TPSA) is 52.0 Å². The second-order valence-electron chi connectivity index (χ2n) is 5.68. The Hall–Kier alpha value is -1.46. The van der Waals surface area contributed by atoms with Gasteiger partial charge in [0.05, 0.1) is 38.2 Å². The molecule has 0 bridgehead atoms. The average molecular weight is 265 g/mol. The third-order valence-electron chi connectivity index (χ3n) is 4.14. The summed E-state index contributed by atoms with van der Waals surface area (Å²) in [7, 11) is 4.44. The van der Waals surface area contributed by atoms with E-state index in [9.17, 15) is 10.1 Å². The molecule has 0 amide bonds. The fraction of sp³-hybridized carbons (Fsp3) is 0.571. The number of piperidine rings is 1. The maximum absolute atomic E-state index is 10.8. The number of nitro groups is 1. The number of quaternary nitrogens is 2. The van der Waals surface area contributed by atoms with Gasteiger partial charge in [0.25, 0.3) is 5.69 Å². The largest absolute Gasteiger partial charge is 0.337 e. The fourth-order valence-corrected chi connectivity index (χ4v) is 2.85. The van der Waals surface area contributed by atoms with Gasteiger partial charge in [-0.05, 0) is 0 Å². The number of hydrogen-bond donors (Lipinski definition) is 2. The predicted octanol–water partition coefficient (Wildman–Crippen LogP) is -0.713. The van der Waals surface area contributed by atoms with E-state index in [2.05, 4.69) is 14.1 Å². The molecule has 2 rings (SSSR count). The van der Waals surface area contributed by atoms with Gasteiger partial charge < -0.3 is 9.80 Å². The van der Waals surface area contributed by atoms with Crippen LogP contribution in [0.15, 0.2) is 24.3 Å². The Morgan fingerprint density at radius 3 is 2.74 bits per heavy atom. The van der Waals surface area contributed by atoms with Gasteiger partial charge in [0.15, 0.2) is 0 Å². The quantitative estimate of drug-likeness (QED) is 0.558. The van der Waals surface area contributed by atoms with E-state index in [4.69, 9.17) is 0 Å². The van der Waals surface area contributed by atoms with Gasteiger partial charge in [-0.2, -0.15) is 0 Å². The summed E-state index contributed by atoms with van der Waals surface area (Å²) in [6.45, 7) is 3.33. The summed E-state index contributed by atoms with van der Waals surface area (Å²) >= 11 is 0. The standard InChI is InChI=1S/C14H21N3O2/c1-15-8-6-13(7-9-15)16(2)11-12-4-3-5-14(10-12)17(18)19/h3-5,10,13H,6-9,11H2,1-2H3/p+2. The number of rotatable bonds is 4. The Bertz CT molecular complexity index is 442. The van der Waals surface area contributed by atoms with Crippen molar-refractivity contribution in [2.75, 3.05) is 27.2 Å². The zero-order valence-corrected chi connectivity index (χ0v) is 11.7. The van der Waals surface area contributed by atoms with Crippen LogP contribution < -0.4 is 9.80 Å². The number of benzene rings is 1. The van der Waals surface area contributed by atoms with Crippen LogP contribution >= 0.6 is 0 Å². The summed E-state index contributed by atoms with van der Waals surface area (Å²) in [5.41, 5.74) is 1.25. The molecule has 19 heavy (non-hydrogen) atoms. The van der Waals surface area contributed by atoms with Crippen molar-refractivity contribution in [3.63, 3.8) is 0 Å². The van der Waals surface area contributed by atoms with Crippen LogP contribution in [-0.4, -0.2) is 38.2 Å². The molecule has 1 saturated heterocycles. The van der Waals surface area contributed by atoms with Crippen molar-refractivity contribution >= 4 is 5.69 Å². The molecule has 0 aromatic heterocycles. The van der Waals surface area contributed by atoms with Crippen molar-refractivity contribution in [2.45, 2.75) is 25.4 Å². The lowest BCUT2D eigenvalue weighted by Crippen LogP contribution is -3.17. The summed E-state index contributed by atoms with van der Waals surface area (Å²) in [5, 5.41) is 10.8. The van der Waals surface area contributed by atoms with Crippen molar-refractivity contribution in [1.82, 2.24) is 0 Å². The van der Waals surface area contributed by atoms with Crippen LogP contribution in [0.1, 0.15) is 18.4 Å². The summed E-state index contributed by atoms with van der Waals surface area (Å²) in [6, 6.07) is 7.69. The third kappa shape index (κ3) is 3.75. The Morgan fingerprint density at radius 2 is 2.11 bits per heavy atom. The van der Waals surface area contributed by atoms with E-state index in [1.807, 2.05) is 6.07 Å². The molecule has 5 nitrogen and oxygen atoms in total. The van der Waals surface area contributed by atoms with Gasteiger partial charge in [0.1, 0.15) is 6.54 Å². The molecule has 1 unspecified atom stereocenters. The molecule has 1 aliphatic rings. The van der Waals surface area contributed by atoms with Gasteiger partial charge in [-0.15, -0.1) is 0 Å². The monoisotopic (exact) mass is 265 g/mol. The predicted molar refractivity (Wildman–Crippen MR) is 73.3 cm³/mol. The first-order chi connectivity index (χ1) is 9.06. The minimum absolute atomic E-state index is 0.193. The van der Waals surface area contributed by atoms with Crippen molar-refractivity contribution in [1.29, 1.82) is 0 Å². The van der Waals surface area contributed by atoms with Crippen molar-refractivity contribution in [3.8, 4) is 0 Å². The van der Waals surface area contributed by atoms with Crippen LogP contribution in [0.2, 0.25) is 0 Å². The third-order valence-corrected chi connectivity index (χ3v) is 4.14. The molecule has 1 atom stereocenters. The molecule has 104 valence electrons. The van der Waals surface area contributed by atoms with Crippen LogP contribution in [0.3, 0.4) is 0 Å². The van der Waals surface area contributed by atoms with Crippen LogP contribution in [-0.2, 0) is 6.54 Å². The van der Waals surface area contributed by atoms with E-state index >= 15 is 0 Å². The Balaban J connectivity index is 1.96. The molecule has 1 aromatic rings. The van der Waals surface area contributed by atoms with Crippen LogP contribution in [0.5, 0.6) is 0 Å². The molecule has 0 saturated carbocycles. The fourth-order valence-electron chi connectivity index (χ4n) is 2.85. The minimum atomic E-state index is -0.322. The smallest absolute Gasteiger partial charge is 0.269 e. The molecule has 1 aliphatic heterocycles. The van der Waals surface area contributed by atoms with E-state index < -0.39 is 0 Å². The molecular formula is C14H23N3O2+2. The van der Waals surface area contributed by atoms with Crippen molar-refractivity contribution < 1.29 is 14.7 Å². The maximum Gasteiger partial charge on any atom is 0.269 e. The minimum Gasteiger partial charge on any atom is -0.337 e. The lowest BCUT2D eigenvalue weighted by molar-refractivity contribution is -0.948. The van der Waals surface area contributed by atoms with Gasteiger partial charge >= 0.3 is 0 Å². The molecule has 0 aliphatic carbocycles. The average Bonchev–Trinajstić information content (AvgIpc) is 2.39. The number of nitrogens with zero attached hydrogens (tertiary/aromatic N) is 1. The van der Waals surface area contributed by atoms with Crippen molar-refractivity contribution in [2.24, 2.45) is 0 Å². The zero-order valence-electron chi connectivity index (χ0n) is 11.7. The summed E-state index contributed by atoms with van der Waals surface area (Å²) < 4.78 is 0. The first-order valence-corrected chi connectivity index (χ1v) is 6.93. The molecule has 2 N–H and O–H groups in total. The summed E-state index contributed by atoms with van der Waals surface area (Å²) in [5.74, 6) is 0. The number of non-ortho nitro benzene ring substituents is 1. The number of likely N-dealkylation sites (tertiary alicyclic amines) is 1. The highest BCUT2D eigenvalue weighted by Crippen LogP contribution is 2.12. The normalized spacial score (nSPS) is 24.9. The highest BCUT2D eigenvalue weighted by atomic mass is 16.6. The van der Waals surface area contributed by atoms with Crippen LogP contribution in [0.4, 0.5) is 5.69 Å². The van der Waals surface area contributed by atoms with E-state index in [1.54, 1.807) is 23.1 Å². The van der Waals surface area contributed by atoms with E-state index in [0.29, 0.717) is 6.04 Å². The van der Waals surface area contributed by atoms with Gasteiger partial charge in [-0.1, -0.05) is 12.1 Å². The van der Waals surface area contributed by atoms with Crippen LogP contribution in [0, 0.1) is 10.1 Å². The molecule has 1 aromatic carbocycles. The summed E-state index contributed by atoms with van der Waals surface area (Å²) in [4.78, 5) is 13.5. The first-order valence-electron chi connectivity index (χ1n) is 6.93. The lowest BCUT2D eigenvalue weighted by Gasteiger charge is -2.30. The molecular weight excluding hydrogens is 242 g/mol. The molecule has 0 spiro atoms. The lowest BCUT2D eigenvalue weighted by atomic mass is 10.0. The second-order valence-corrected chi connectivity index (χ2v) is 5.68. The van der Waals surface area contributed by atoms with Crippen LogP contribution in [0.25, 0.3) is 0 Å². The maximum atomic E-state index is 10.8. The van der Waals surface area contributed by atoms with Gasteiger partial charge in [-0.25, -0.2) is 0 Å². The SMILES string of the molecule is C[NH+]1CCC([NH+](C)Cc2cccc([N+](=O)[O-])c2)CC1. The molecule has 1 heterocycles. The number of nitrogens with one attached hydrogen (secondary N) is 2. The highest BCUT2D eigenvalue weighted by Gasteiger charge is 2.26. The Labute approximate surface area is 114 Å². The second kappa shape index (κ2) is 6.12. The van der Waals surface area contributed by atoms with E-state index in [0.717, 1.165) is 12.1 Å². The first kappa shape index (κ1) is 14.0. The molecule has 0 radical (unpaired) electrons. The number of hydrogen-bond acceptors (Lipinski definition) is 2. The zero-order chi connectivity index (χ0) is 13.8. The van der Waals surface area contributed by atoms with Crippen molar-refractivity contribution in [3.05, 3.63) is 39.9 Å². The Morgan fingerprint density at radius 1 is 1.42 bits per heavy atom. The van der Waals surface area contributed by atoms with E-state index in [-0.39, 0.29) is 10.6 Å². The highest BCUT2D eigenvalue weighted by molar-refractivity contribution is 5.33.